The van der Waals surface area contributed by atoms with Gasteiger partial charge >= 0.3 is 5.69 Å². The highest BCUT2D eigenvalue weighted by molar-refractivity contribution is 6.14. The third kappa shape index (κ3) is 4.27. The second-order valence-electron chi connectivity index (χ2n) is 6.51. The van der Waals surface area contributed by atoms with E-state index < -0.39 is 16.7 Å². The quantitative estimate of drug-likeness (QED) is 0.301. The highest BCUT2D eigenvalue weighted by Gasteiger charge is 2.21. The Morgan fingerprint density at radius 3 is 2.50 bits per heavy atom. The van der Waals surface area contributed by atoms with Gasteiger partial charge in [0.05, 0.1) is 29.6 Å². The zero-order valence-electron chi connectivity index (χ0n) is 16.5. The van der Waals surface area contributed by atoms with Gasteiger partial charge < -0.3 is 15.4 Å². The van der Waals surface area contributed by atoms with E-state index in [9.17, 15) is 19.7 Å². The summed E-state index contributed by atoms with van der Waals surface area (Å²) in [4.78, 5) is 34.9. The number of hydrogen-bond donors (Lipinski definition) is 3. The van der Waals surface area contributed by atoms with E-state index in [1.165, 1.54) is 25.5 Å². The van der Waals surface area contributed by atoms with Crippen molar-refractivity contribution in [2.75, 3.05) is 17.7 Å². The number of methoxy groups -OCH3 is 1. The molecule has 10 heteroatoms. The molecule has 10 nitrogen and oxygen atoms in total. The van der Waals surface area contributed by atoms with Crippen molar-refractivity contribution >= 4 is 35.1 Å². The monoisotopic (exact) mass is 409 g/mol. The van der Waals surface area contributed by atoms with Gasteiger partial charge in [-0.25, -0.2) is 5.43 Å². The first-order chi connectivity index (χ1) is 14.3. The third-order valence-electron chi connectivity index (χ3n) is 4.48. The first-order valence-corrected chi connectivity index (χ1v) is 8.86. The van der Waals surface area contributed by atoms with E-state index in [1.807, 2.05) is 26.0 Å². The van der Waals surface area contributed by atoms with Crippen LogP contribution in [0.5, 0.6) is 5.75 Å². The Bertz CT molecular complexity index is 1110. The predicted octanol–water partition coefficient (Wildman–Crippen LogP) is 2.62. The summed E-state index contributed by atoms with van der Waals surface area (Å²) >= 11 is 0. The molecule has 30 heavy (non-hydrogen) atoms. The number of anilines is 2. The lowest BCUT2D eigenvalue weighted by molar-refractivity contribution is -0.385. The van der Waals surface area contributed by atoms with Gasteiger partial charge in [0.2, 0.25) is 5.75 Å². The van der Waals surface area contributed by atoms with Crippen LogP contribution in [-0.4, -0.2) is 30.1 Å². The number of rotatable bonds is 5. The minimum atomic E-state index is -0.652. The molecule has 0 fully saturated rings. The van der Waals surface area contributed by atoms with Crippen molar-refractivity contribution in [3.05, 3.63) is 68.9 Å². The number of nitrogens with one attached hydrogen (secondary N) is 3. The fourth-order valence-corrected chi connectivity index (χ4v) is 2.85. The number of nitro benzene ring substituents is 1. The van der Waals surface area contributed by atoms with Crippen LogP contribution in [0.1, 0.15) is 16.7 Å². The number of nitrogens with zero attached hydrogens (tertiary/aromatic N) is 2. The topological polar surface area (TPSA) is 135 Å². The molecule has 1 heterocycles. The van der Waals surface area contributed by atoms with Gasteiger partial charge in [0, 0.05) is 17.7 Å². The zero-order valence-corrected chi connectivity index (χ0v) is 16.5. The third-order valence-corrected chi connectivity index (χ3v) is 4.48. The highest BCUT2D eigenvalue weighted by atomic mass is 16.6. The molecule has 0 saturated carbocycles. The Balaban J connectivity index is 1.74. The molecule has 0 bridgehead atoms. The van der Waals surface area contributed by atoms with Gasteiger partial charge in [-0.05, 0) is 43.2 Å². The fraction of sp³-hybridized carbons (Fsp3) is 0.150. The lowest BCUT2D eigenvalue weighted by atomic mass is 10.1. The Kier molecular flexibility index (Phi) is 5.77. The highest BCUT2D eigenvalue weighted by Crippen LogP contribution is 2.31. The fourth-order valence-electron chi connectivity index (χ4n) is 2.85. The molecular formula is C20H19N5O5. The van der Waals surface area contributed by atoms with Crippen LogP contribution in [0.4, 0.5) is 17.1 Å². The van der Waals surface area contributed by atoms with Crippen molar-refractivity contribution < 1.29 is 19.2 Å². The van der Waals surface area contributed by atoms with Gasteiger partial charge in [-0.3, -0.25) is 19.7 Å². The first-order valence-electron chi connectivity index (χ1n) is 8.86. The molecule has 3 N–H and O–H groups in total. The molecule has 2 aromatic rings. The molecule has 2 aromatic carbocycles. The largest absolute Gasteiger partial charge is 0.490 e. The zero-order chi connectivity index (χ0) is 21.8. The molecule has 0 radical (unpaired) electrons. The lowest BCUT2D eigenvalue weighted by Crippen LogP contribution is -2.28. The van der Waals surface area contributed by atoms with Gasteiger partial charge in [0.1, 0.15) is 5.70 Å². The molecule has 0 saturated heterocycles. The number of aryl methyl sites for hydroxylation is 2. The van der Waals surface area contributed by atoms with Crippen LogP contribution in [0.15, 0.2) is 47.2 Å². The second-order valence-corrected chi connectivity index (χ2v) is 6.51. The summed E-state index contributed by atoms with van der Waals surface area (Å²) in [6.45, 7) is 3.88. The summed E-state index contributed by atoms with van der Waals surface area (Å²) in [7, 11) is 1.30. The van der Waals surface area contributed by atoms with Gasteiger partial charge in [-0.1, -0.05) is 6.07 Å². The summed E-state index contributed by atoms with van der Waals surface area (Å²) in [5.74, 6) is -1.08. The summed E-state index contributed by atoms with van der Waals surface area (Å²) in [6, 6.07) is 8.06. The van der Waals surface area contributed by atoms with Crippen molar-refractivity contribution in [3.8, 4) is 5.75 Å². The van der Waals surface area contributed by atoms with Crippen LogP contribution < -0.4 is 20.8 Å². The maximum atomic E-state index is 12.2. The number of benzene rings is 2. The van der Waals surface area contributed by atoms with Crippen molar-refractivity contribution in [2.45, 2.75) is 13.8 Å². The molecule has 0 unspecified atom stereocenters. The van der Waals surface area contributed by atoms with E-state index in [2.05, 4.69) is 21.2 Å². The number of hydrogen-bond acceptors (Lipinski definition) is 7. The van der Waals surface area contributed by atoms with Crippen LogP contribution in [-0.2, 0) is 9.59 Å². The van der Waals surface area contributed by atoms with E-state index in [4.69, 9.17) is 4.74 Å². The van der Waals surface area contributed by atoms with Crippen LogP contribution in [0.25, 0.3) is 0 Å². The standard InChI is InChI=1S/C20H19N5O5/c1-11-7-14-15(8-12(11)2)23-20(27)16(22-14)9-18(26)24-21-10-13-5-4-6-17(25(28)29)19(13)30-3/h4-10,22H,1-3H3,(H,23,27)(H,24,26)/b16-9+,21-10+. The van der Waals surface area contributed by atoms with Gasteiger partial charge in [0.25, 0.3) is 11.8 Å². The summed E-state index contributed by atoms with van der Waals surface area (Å²) in [5, 5.41) is 20.5. The van der Waals surface area contributed by atoms with Crippen molar-refractivity contribution in [1.82, 2.24) is 5.43 Å². The van der Waals surface area contributed by atoms with Crippen molar-refractivity contribution in [1.29, 1.82) is 0 Å². The number of carbonyl (C=O) groups is 2. The molecule has 0 aliphatic carbocycles. The smallest absolute Gasteiger partial charge is 0.311 e. The second kappa shape index (κ2) is 8.43. The first kappa shape index (κ1) is 20.5. The molecule has 0 atom stereocenters. The van der Waals surface area contributed by atoms with E-state index in [1.54, 1.807) is 6.07 Å². The molecule has 0 aromatic heterocycles. The Morgan fingerprint density at radius 1 is 1.20 bits per heavy atom. The summed E-state index contributed by atoms with van der Waals surface area (Å²) in [6.07, 6.45) is 2.30. The van der Waals surface area contributed by atoms with Gasteiger partial charge in [0.15, 0.2) is 0 Å². The SMILES string of the molecule is COc1c(/C=N/NC(=O)/C=C2/Nc3cc(C)c(C)cc3NC2=O)cccc1[N+](=O)[O-]. The van der Waals surface area contributed by atoms with Gasteiger partial charge in [-0.15, -0.1) is 0 Å². The molecule has 154 valence electrons. The molecule has 1 aliphatic rings. The number of hydrazone groups is 1. The maximum absolute atomic E-state index is 12.2. The summed E-state index contributed by atoms with van der Waals surface area (Å²) < 4.78 is 5.06. The van der Waals surface area contributed by atoms with Crippen LogP contribution in [0, 0.1) is 24.0 Å². The number of para-hydroxylation sites is 1. The van der Waals surface area contributed by atoms with E-state index >= 15 is 0 Å². The van der Waals surface area contributed by atoms with Gasteiger partial charge in [-0.2, -0.15) is 5.10 Å². The number of nitro groups is 1. The lowest BCUT2D eigenvalue weighted by Gasteiger charge is -2.22. The minimum Gasteiger partial charge on any atom is -0.490 e. The molecule has 0 spiro atoms. The van der Waals surface area contributed by atoms with E-state index in [0.717, 1.165) is 17.2 Å². The minimum absolute atomic E-state index is 0.0226. The average Bonchev–Trinajstić information content (AvgIpc) is 2.70. The predicted molar refractivity (Wildman–Crippen MR) is 112 cm³/mol. The van der Waals surface area contributed by atoms with Crippen LogP contribution in [0.2, 0.25) is 0 Å². The Hall–Kier alpha value is -4.21. The van der Waals surface area contributed by atoms with Crippen molar-refractivity contribution in [2.24, 2.45) is 5.10 Å². The summed E-state index contributed by atoms with van der Waals surface area (Å²) in [5.41, 5.74) is 5.80. The van der Waals surface area contributed by atoms with Crippen LogP contribution in [0.3, 0.4) is 0 Å². The molecular weight excluding hydrogens is 390 g/mol. The number of ether oxygens (including phenoxy) is 1. The number of carbonyl (C=O) groups excluding carboxylic acids is 2. The Morgan fingerprint density at radius 2 is 1.87 bits per heavy atom. The van der Waals surface area contributed by atoms with E-state index in [-0.39, 0.29) is 17.1 Å². The normalized spacial score (nSPS) is 14.1. The number of fused-ring (bicyclic) bond motifs is 1. The Labute approximate surface area is 171 Å². The molecule has 3 rings (SSSR count). The molecule has 1 aliphatic heterocycles. The average molecular weight is 409 g/mol. The van der Waals surface area contributed by atoms with E-state index in [0.29, 0.717) is 16.9 Å². The molecule has 2 amide bonds. The maximum Gasteiger partial charge on any atom is 0.311 e. The number of amides is 2. The van der Waals surface area contributed by atoms with Crippen LogP contribution >= 0.6 is 0 Å². The van der Waals surface area contributed by atoms with Crippen molar-refractivity contribution in [3.63, 3.8) is 0 Å².